The van der Waals surface area contributed by atoms with Crippen molar-refractivity contribution in [3.05, 3.63) is 30.6 Å². The van der Waals surface area contributed by atoms with Gasteiger partial charge in [-0.25, -0.2) is 4.68 Å². The van der Waals surface area contributed by atoms with E-state index in [-0.39, 0.29) is 0 Å². The van der Waals surface area contributed by atoms with E-state index in [1.165, 1.54) is 32.4 Å². The molecule has 6 heteroatoms. The minimum absolute atomic E-state index is 0.555. The van der Waals surface area contributed by atoms with E-state index in [1.54, 1.807) is 11.0 Å². The van der Waals surface area contributed by atoms with Crippen molar-refractivity contribution in [2.45, 2.75) is 31.3 Å². The number of rotatable bonds is 4. The van der Waals surface area contributed by atoms with Crippen molar-refractivity contribution in [1.29, 1.82) is 0 Å². The molecular weight excluding hydrogens is 252 g/mol. The predicted molar refractivity (Wildman–Crippen MR) is 75.8 cm³/mol. The molecule has 0 amide bonds. The molecule has 1 aliphatic carbocycles. The monoisotopic (exact) mass is 270 g/mol. The van der Waals surface area contributed by atoms with Crippen LogP contribution in [0, 0.1) is 0 Å². The van der Waals surface area contributed by atoms with Gasteiger partial charge in [0.2, 0.25) is 0 Å². The Morgan fingerprint density at radius 1 is 1.20 bits per heavy atom. The molecule has 1 saturated heterocycles. The van der Waals surface area contributed by atoms with Gasteiger partial charge in [-0.1, -0.05) is 6.07 Å². The van der Waals surface area contributed by atoms with Gasteiger partial charge < -0.3 is 5.32 Å². The third-order valence-electron chi connectivity index (χ3n) is 4.11. The van der Waals surface area contributed by atoms with Crippen LogP contribution in [0.25, 0.3) is 5.69 Å². The third kappa shape index (κ3) is 2.38. The first-order valence-corrected chi connectivity index (χ1v) is 7.22. The van der Waals surface area contributed by atoms with Crippen molar-refractivity contribution >= 4 is 5.69 Å². The van der Waals surface area contributed by atoms with Gasteiger partial charge >= 0.3 is 0 Å². The zero-order valence-corrected chi connectivity index (χ0v) is 11.3. The molecule has 1 aliphatic heterocycles. The number of benzene rings is 1. The molecule has 1 atom stereocenters. The maximum atomic E-state index is 3.92. The minimum atomic E-state index is 0.555. The molecule has 104 valence electrons. The molecule has 0 radical (unpaired) electrons. The van der Waals surface area contributed by atoms with E-state index in [9.17, 15) is 0 Å². The number of hydrogen-bond acceptors (Lipinski definition) is 5. The van der Waals surface area contributed by atoms with Crippen LogP contribution in [0.5, 0.6) is 0 Å². The SMILES string of the molecule is c1cc(NC2CCN(C3CC3)C2)cc(-n2cnnn2)c1. The van der Waals surface area contributed by atoms with Crippen LogP contribution in [0.15, 0.2) is 30.6 Å². The fraction of sp³-hybridized carbons (Fsp3) is 0.500. The Labute approximate surface area is 117 Å². The van der Waals surface area contributed by atoms with Crippen LogP contribution in [-0.4, -0.2) is 50.3 Å². The van der Waals surface area contributed by atoms with E-state index in [0.29, 0.717) is 6.04 Å². The molecule has 2 heterocycles. The number of nitrogens with one attached hydrogen (secondary N) is 1. The van der Waals surface area contributed by atoms with Gasteiger partial charge in [0.15, 0.2) is 0 Å². The van der Waals surface area contributed by atoms with Gasteiger partial charge in [-0.05, 0) is 47.9 Å². The van der Waals surface area contributed by atoms with Crippen LogP contribution in [0.4, 0.5) is 5.69 Å². The molecule has 1 aromatic carbocycles. The Morgan fingerprint density at radius 3 is 2.95 bits per heavy atom. The molecule has 2 aliphatic rings. The summed E-state index contributed by atoms with van der Waals surface area (Å²) >= 11 is 0. The van der Waals surface area contributed by atoms with Crippen LogP contribution in [0.2, 0.25) is 0 Å². The molecule has 1 aromatic heterocycles. The van der Waals surface area contributed by atoms with Crippen molar-refractivity contribution in [3.63, 3.8) is 0 Å². The molecule has 1 unspecified atom stereocenters. The summed E-state index contributed by atoms with van der Waals surface area (Å²) < 4.78 is 1.68. The maximum absolute atomic E-state index is 3.92. The Bertz CT molecular complexity index is 577. The molecule has 0 bridgehead atoms. The van der Waals surface area contributed by atoms with E-state index < -0.39 is 0 Å². The number of hydrogen-bond donors (Lipinski definition) is 1. The molecule has 20 heavy (non-hydrogen) atoms. The zero-order valence-electron chi connectivity index (χ0n) is 11.3. The third-order valence-corrected chi connectivity index (χ3v) is 4.11. The lowest BCUT2D eigenvalue weighted by Gasteiger charge is -2.17. The highest BCUT2D eigenvalue weighted by Crippen LogP contribution is 2.30. The molecule has 1 N–H and O–H groups in total. The van der Waals surface area contributed by atoms with E-state index in [1.807, 2.05) is 12.1 Å². The number of likely N-dealkylation sites (tertiary alicyclic amines) is 1. The van der Waals surface area contributed by atoms with Crippen LogP contribution < -0.4 is 5.32 Å². The van der Waals surface area contributed by atoms with Crippen LogP contribution >= 0.6 is 0 Å². The minimum Gasteiger partial charge on any atom is -0.381 e. The van der Waals surface area contributed by atoms with Crippen LogP contribution in [0.3, 0.4) is 0 Å². The number of nitrogens with zero attached hydrogens (tertiary/aromatic N) is 5. The second kappa shape index (κ2) is 4.86. The standard InChI is InChI=1S/C14H18N6/c1-2-11(8-14(3-1)20-10-15-17-18-20)16-12-6-7-19(9-12)13-4-5-13/h1-3,8,10,12-13,16H,4-7,9H2. The normalized spacial score (nSPS) is 23.1. The summed E-state index contributed by atoms with van der Waals surface area (Å²) in [5.41, 5.74) is 2.12. The zero-order chi connectivity index (χ0) is 13.4. The van der Waals surface area contributed by atoms with E-state index >= 15 is 0 Å². The average Bonchev–Trinajstić information content (AvgIpc) is 3.00. The highest BCUT2D eigenvalue weighted by Gasteiger charge is 2.34. The Hall–Kier alpha value is -1.95. The molecule has 1 saturated carbocycles. The van der Waals surface area contributed by atoms with E-state index in [0.717, 1.165) is 17.4 Å². The number of tetrazole rings is 1. The van der Waals surface area contributed by atoms with Gasteiger partial charge in [0.1, 0.15) is 6.33 Å². The molecule has 2 aromatic rings. The fourth-order valence-corrected chi connectivity index (χ4v) is 2.93. The van der Waals surface area contributed by atoms with Gasteiger partial charge in [-0.3, -0.25) is 4.90 Å². The average molecular weight is 270 g/mol. The summed E-state index contributed by atoms with van der Waals surface area (Å²) in [5.74, 6) is 0. The van der Waals surface area contributed by atoms with Gasteiger partial charge in [0, 0.05) is 30.9 Å². The molecule has 4 rings (SSSR count). The van der Waals surface area contributed by atoms with Crippen LogP contribution in [-0.2, 0) is 0 Å². The second-order valence-electron chi connectivity index (χ2n) is 5.66. The predicted octanol–water partition coefficient (Wildman–Crippen LogP) is 1.31. The first kappa shape index (κ1) is 11.8. The largest absolute Gasteiger partial charge is 0.381 e. The van der Waals surface area contributed by atoms with Gasteiger partial charge in [0.05, 0.1) is 5.69 Å². The fourth-order valence-electron chi connectivity index (χ4n) is 2.93. The number of aromatic nitrogens is 4. The lowest BCUT2D eigenvalue weighted by Crippen LogP contribution is -2.27. The smallest absolute Gasteiger partial charge is 0.143 e. The van der Waals surface area contributed by atoms with Gasteiger partial charge in [0.25, 0.3) is 0 Å². The Kier molecular flexibility index (Phi) is 2.88. The van der Waals surface area contributed by atoms with Crippen molar-refractivity contribution in [3.8, 4) is 5.69 Å². The number of anilines is 1. The summed E-state index contributed by atoms with van der Waals surface area (Å²) in [5, 5.41) is 14.9. The molecular formula is C14H18N6. The van der Waals surface area contributed by atoms with E-state index in [4.69, 9.17) is 0 Å². The van der Waals surface area contributed by atoms with Crippen molar-refractivity contribution < 1.29 is 0 Å². The summed E-state index contributed by atoms with van der Waals surface area (Å²) in [6.45, 7) is 2.40. The lowest BCUT2D eigenvalue weighted by atomic mass is 10.2. The summed E-state index contributed by atoms with van der Waals surface area (Å²) in [6.07, 6.45) is 5.62. The summed E-state index contributed by atoms with van der Waals surface area (Å²) in [7, 11) is 0. The highest BCUT2D eigenvalue weighted by molar-refractivity contribution is 5.51. The summed E-state index contributed by atoms with van der Waals surface area (Å²) in [6, 6.07) is 9.66. The highest BCUT2D eigenvalue weighted by atomic mass is 15.5. The maximum Gasteiger partial charge on any atom is 0.143 e. The quantitative estimate of drug-likeness (QED) is 0.907. The Balaban J connectivity index is 1.45. The molecule has 0 spiro atoms. The molecule has 6 nitrogen and oxygen atoms in total. The topological polar surface area (TPSA) is 58.9 Å². The Morgan fingerprint density at radius 2 is 2.15 bits per heavy atom. The molecule has 2 fully saturated rings. The first-order chi connectivity index (χ1) is 9.88. The van der Waals surface area contributed by atoms with Gasteiger partial charge in [-0.2, -0.15) is 0 Å². The first-order valence-electron chi connectivity index (χ1n) is 7.22. The lowest BCUT2D eigenvalue weighted by molar-refractivity contribution is 0.326. The van der Waals surface area contributed by atoms with E-state index in [2.05, 4.69) is 37.9 Å². The van der Waals surface area contributed by atoms with Crippen molar-refractivity contribution in [2.24, 2.45) is 0 Å². The summed E-state index contributed by atoms with van der Waals surface area (Å²) in [4.78, 5) is 2.61. The van der Waals surface area contributed by atoms with Crippen molar-refractivity contribution in [2.75, 3.05) is 18.4 Å². The van der Waals surface area contributed by atoms with Gasteiger partial charge in [-0.15, -0.1) is 5.10 Å². The van der Waals surface area contributed by atoms with Crippen molar-refractivity contribution in [1.82, 2.24) is 25.1 Å². The second-order valence-corrected chi connectivity index (χ2v) is 5.66. The van der Waals surface area contributed by atoms with Crippen LogP contribution in [0.1, 0.15) is 19.3 Å².